The standard InChI is InChI=1S/C10H6BrN3O2S/c1-15-8-4-6(5-12)2-3-7(8)16-10-14-13-9(11)17-10/h2-4H,1H3. The third kappa shape index (κ3) is 2.72. The van der Waals surface area contributed by atoms with Crippen LogP contribution in [0.1, 0.15) is 5.56 Å². The minimum atomic E-state index is 0.403. The van der Waals surface area contributed by atoms with Gasteiger partial charge in [0.05, 0.1) is 18.7 Å². The lowest BCUT2D eigenvalue weighted by molar-refractivity contribution is 0.377. The molecule has 0 aliphatic heterocycles. The number of hydrogen-bond donors (Lipinski definition) is 0. The van der Waals surface area contributed by atoms with Gasteiger partial charge in [-0.05, 0) is 39.4 Å². The highest BCUT2D eigenvalue weighted by Crippen LogP contribution is 2.34. The quantitative estimate of drug-likeness (QED) is 0.871. The average molecular weight is 312 g/mol. The van der Waals surface area contributed by atoms with Crippen molar-refractivity contribution in [3.05, 3.63) is 27.7 Å². The van der Waals surface area contributed by atoms with E-state index in [1.54, 1.807) is 18.2 Å². The first-order valence-corrected chi connectivity index (χ1v) is 6.09. The number of halogens is 1. The first-order valence-electron chi connectivity index (χ1n) is 4.48. The number of rotatable bonds is 3. The Bertz CT molecular complexity index is 579. The van der Waals surface area contributed by atoms with Gasteiger partial charge in [-0.25, -0.2) is 0 Å². The molecule has 0 amide bonds. The molecule has 0 atom stereocenters. The second-order valence-corrected chi connectivity index (χ2v) is 5.12. The third-order valence-corrected chi connectivity index (χ3v) is 3.11. The number of hydrogen-bond acceptors (Lipinski definition) is 6. The molecule has 0 radical (unpaired) electrons. The van der Waals surface area contributed by atoms with Crippen molar-refractivity contribution in [3.8, 4) is 22.8 Å². The summed E-state index contributed by atoms with van der Waals surface area (Å²) in [5, 5.41) is 16.7. The largest absolute Gasteiger partial charge is 0.493 e. The van der Waals surface area contributed by atoms with Crippen LogP contribution in [0.15, 0.2) is 22.1 Å². The van der Waals surface area contributed by atoms with E-state index in [9.17, 15) is 0 Å². The maximum absolute atomic E-state index is 8.77. The molecule has 0 aliphatic rings. The molecule has 1 aromatic heterocycles. The molecule has 0 aliphatic carbocycles. The minimum absolute atomic E-state index is 0.403. The molecule has 86 valence electrons. The second-order valence-electron chi connectivity index (χ2n) is 2.90. The van der Waals surface area contributed by atoms with Gasteiger partial charge in [-0.15, -0.1) is 5.10 Å². The molecule has 0 saturated heterocycles. The van der Waals surface area contributed by atoms with Gasteiger partial charge < -0.3 is 9.47 Å². The van der Waals surface area contributed by atoms with Crippen molar-refractivity contribution in [2.75, 3.05) is 7.11 Å². The van der Waals surface area contributed by atoms with Crippen LogP contribution < -0.4 is 9.47 Å². The van der Waals surface area contributed by atoms with E-state index >= 15 is 0 Å². The summed E-state index contributed by atoms with van der Waals surface area (Å²) in [4.78, 5) is 0. The van der Waals surface area contributed by atoms with Crippen LogP contribution in [0.2, 0.25) is 0 Å². The lowest BCUT2D eigenvalue weighted by Gasteiger charge is -2.07. The van der Waals surface area contributed by atoms with E-state index in [2.05, 4.69) is 26.1 Å². The van der Waals surface area contributed by atoms with E-state index in [4.69, 9.17) is 14.7 Å². The fourth-order valence-corrected chi connectivity index (χ4v) is 2.08. The van der Waals surface area contributed by atoms with Gasteiger partial charge in [-0.1, -0.05) is 5.10 Å². The van der Waals surface area contributed by atoms with Gasteiger partial charge in [0.1, 0.15) is 0 Å². The van der Waals surface area contributed by atoms with Crippen molar-refractivity contribution in [1.29, 1.82) is 5.26 Å². The Kier molecular flexibility index (Phi) is 3.56. The number of methoxy groups -OCH3 is 1. The number of benzene rings is 1. The van der Waals surface area contributed by atoms with Gasteiger partial charge >= 0.3 is 0 Å². The number of ether oxygens (including phenoxy) is 2. The maximum Gasteiger partial charge on any atom is 0.300 e. The zero-order valence-corrected chi connectivity index (χ0v) is 11.1. The van der Waals surface area contributed by atoms with Crippen molar-refractivity contribution in [2.24, 2.45) is 0 Å². The molecular formula is C10H6BrN3O2S. The summed E-state index contributed by atoms with van der Waals surface area (Å²) in [6.45, 7) is 0. The summed E-state index contributed by atoms with van der Waals surface area (Å²) in [5.74, 6) is 0.977. The van der Waals surface area contributed by atoms with Crippen LogP contribution in [0.5, 0.6) is 16.7 Å². The van der Waals surface area contributed by atoms with E-state index in [-0.39, 0.29) is 0 Å². The third-order valence-electron chi connectivity index (χ3n) is 1.87. The number of aromatic nitrogens is 2. The fourth-order valence-electron chi connectivity index (χ4n) is 1.15. The van der Waals surface area contributed by atoms with Crippen LogP contribution in [-0.2, 0) is 0 Å². The Morgan fingerprint density at radius 2 is 2.18 bits per heavy atom. The highest BCUT2D eigenvalue weighted by atomic mass is 79.9. The second kappa shape index (κ2) is 5.12. The molecule has 0 bridgehead atoms. The van der Waals surface area contributed by atoms with Gasteiger partial charge in [0.25, 0.3) is 5.19 Å². The summed E-state index contributed by atoms with van der Waals surface area (Å²) in [5.41, 5.74) is 0.507. The molecule has 0 N–H and O–H groups in total. The predicted octanol–water partition coefficient (Wildman–Crippen LogP) is 2.97. The molecular weight excluding hydrogens is 306 g/mol. The molecule has 7 heteroatoms. The summed E-state index contributed by atoms with van der Waals surface area (Å²) in [7, 11) is 1.51. The van der Waals surface area contributed by atoms with Gasteiger partial charge in [0.15, 0.2) is 15.4 Å². The topological polar surface area (TPSA) is 68.0 Å². The van der Waals surface area contributed by atoms with Crippen LogP contribution in [0.4, 0.5) is 0 Å². The van der Waals surface area contributed by atoms with Crippen LogP contribution in [-0.4, -0.2) is 17.3 Å². The molecule has 0 saturated carbocycles. The van der Waals surface area contributed by atoms with Gasteiger partial charge in [0, 0.05) is 6.07 Å². The van der Waals surface area contributed by atoms with E-state index in [0.717, 1.165) is 0 Å². The Labute approximate surface area is 110 Å². The minimum Gasteiger partial charge on any atom is -0.493 e. The van der Waals surface area contributed by atoms with E-state index in [1.165, 1.54) is 18.4 Å². The van der Waals surface area contributed by atoms with E-state index in [0.29, 0.717) is 26.2 Å². The van der Waals surface area contributed by atoms with Gasteiger partial charge in [0.2, 0.25) is 0 Å². The smallest absolute Gasteiger partial charge is 0.300 e. The molecule has 5 nitrogen and oxygen atoms in total. The first-order chi connectivity index (χ1) is 8.22. The van der Waals surface area contributed by atoms with Crippen molar-refractivity contribution < 1.29 is 9.47 Å². The SMILES string of the molecule is COc1cc(C#N)ccc1Oc1nnc(Br)s1. The Balaban J connectivity index is 2.30. The molecule has 0 spiro atoms. The van der Waals surface area contributed by atoms with Crippen LogP contribution in [0.3, 0.4) is 0 Å². The highest BCUT2D eigenvalue weighted by Gasteiger charge is 2.10. The van der Waals surface area contributed by atoms with Crippen molar-refractivity contribution in [1.82, 2.24) is 10.2 Å². The van der Waals surface area contributed by atoms with Crippen molar-refractivity contribution in [2.45, 2.75) is 0 Å². The summed E-state index contributed by atoms with van der Waals surface area (Å²) in [6.07, 6.45) is 0. The molecule has 1 aromatic carbocycles. The Hall–Kier alpha value is -1.65. The van der Waals surface area contributed by atoms with E-state index in [1.807, 2.05) is 6.07 Å². The summed E-state index contributed by atoms with van der Waals surface area (Å²) in [6, 6.07) is 6.94. The van der Waals surface area contributed by atoms with Gasteiger partial charge in [-0.3, -0.25) is 0 Å². The highest BCUT2D eigenvalue weighted by molar-refractivity contribution is 9.11. The number of nitrogens with zero attached hydrogens (tertiary/aromatic N) is 3. The van der Waals surface area contributed by atoms with Crippen LogP contribution >= 0.6 is 27.3 Å². The summed E-state index contributed by atoms with van der Waals surface area (Å²) < 4.78 is 11.3. The zero-order valence-electron chi connectivity index (χ0n) is 8.68. The maximum atomic E-state index is 8.77. The van der Waals surface area contributed by atoms with Crippen molar-refractivity contribution >= 4 is 27.3 Å². The monoisotopic (exact) mass is 311 g/mol. The Morgan fingerprint density at radius 1 is 1.35 bits per heavy atom. The van der Waals surface area contributed by atoms with Crippen molar-refractivity contribution in [3.63, 3.8) is 0 Å². The van der Waals surface area contributed by atoms with Crippen LogP contribution in [0.25, 0.3) is 0 Å². The number of nitriles is 1. The Morgan fingerprint density at radius 3 is 2.76 bits per heavy atom. The first kappa shape index (κ1) is 11.8. The molecule has 1 heterocycles. The molecule has 17 heavy (non-hydrogen) atoms. The normalized spacial score (nSPS) is 9.71. The predicted molar refractivity (Wildman–Crippen MR) is 65.4 cm³/mol. The van der Waals surface area contributed by atoms with Crippen LogP contribution in [0, 0.1) is 11.3 Å². The van der Waals surface area contributed by atoms with E-state index < -0.39 is 0 Å². The fraction of sp³-hybridized carbons (Fsp3) is 0.100. The molecule has 2 aromatic rings. The lowest BCUT2D eigenvalue weighted by atomic mass is 10.2. The van der Waals surface area contributed by atoms with Gasteiger partial charge in [-0.2, -0.15) is 5.26 Å². The molecule has 0 fully saturated rings. The molecule has 2 rings (SSSR count). The average Bonchev–Trinajstić information content (AvgIpc) is 2.75. The summed E-state index contributed by atoms with van der Waals surface area (Å²) >= 11 is 4.46. The molecule has 0 unspecified atom stereocenters. The zero-order chi connectivity index (χ0) is 12.3. The lowest BCUT2D eigenvalue weighted by Crippen LogP contribution is -1.91.